The van der Waals surface area contributed by atoms with Crippen LogP contribution >= 0.6 is 0 Å². The molecule has 0 bridgehead atoms. The van der Waals surface area contributed by atoms with Gasteiger partial charge in [0.1, 0.15) is 5.75 Å². The Labute approximate surface area is 144 Å². The SMILES string of the molecule is CC(C)C#CC1(CC(F)(F)F)OC(=O)Nc2ccc(OC(F)(F)F)cc21. The van der Waals surface area contributed by atoms with Crippen LogP contribution in [0.4, 0.5) is 36.8 Å². The molecule has 1 aliphatic rings. The van der Waals surface area contributed by atoms with Crippen LogP contribution in [0.2, 0.25) is 0 Å². The molecule has 4 nitrogen and oxygen atoms in total. The van der Waals surface area contributed by atoms with E-state index in [1.54, 1.807) is 13.8 Å². The zero-order chi connectivity index (χ0) is 19.8. The lowest BCUT2D eigenvalue weighted by Crippen LogP contribution is -2.42. The fourth-order valence-electron chi connectivity index (χ4n) is 2.32. The van der Waals surface area contributed by atoms with E-state index in [0.29, 0.717) is 0 Å². The fraction of sp³-hybridized carbons (Fsp3) is 0.438. The van der Waals surface area contributed by atoms with Crippen LogP contribution in [-0.4, -0.2) is 18.6 Å². The quantitative estimate of drug-likeness (QED) is 0.582. The van der Waals surface area contributed by atoms with Gasteiger partial charge in [-0.05, 0) is 24.1 Å². The zero-order valence-electron chi connectivity index (χ0n) is 13.5. The molecule has 0 saturated carbocycles. The maximum Gasteiger partial charge on any atom is 0.573 e. The Morgan fingerprint density at radius 2 is 1.88 bits per heavy atom. The Morgan fingerprint density at radius 1 is 1.23 bits per heavy atom. The number of alkyl halides is 6. The second kappa shape index (κ2) is 6.63. The standard InChI is InChI=1S/C16H13F6NO3/c1-9(2)5-6-14(8-15(17,18)19)11-7-10(25-16(20,21)22)3-4-12(11)23-13(24)26-14/h3-4,7,9H,8H2,1-2H3,(H,23,24). The Morgan fingerprint density at radius 3 is 2.42 bits per heavy atom. The van der Waals surface area contributed by atoms with Crippen molar-refractivity contribution in [1.29, 1.82) is 0 Å². The van der Waals surface area contributed by atoms with Gasteiger partial charge in [0.2, 0.25) is 5.60 Å². The molecule has 1 aromatic rings. The molecule has 1 N–H and O–H groups in total. The van der Waals surface area contributed by atoms with Crippen LogP contribution < -0.4 is 10.1 Å². The highest BCUT2D eigenvalue weighted by molar-refractivity contribution is 5.89. The van der Waals surface area contributed by atoms with E-state index in [2.05, 4.69) is 21.9 Å². The number of hydrogen-bond acceptors (Lipinski definition) is 3. The first kappa shape index (κ1) is 19.8. The third-order valence-corrected chi connectivity index (χ3v) is 3.18. The highest BCUT2D eigenvalue weighted by atomic mass is 19.4. The van der Waals surface area contributed by atoms with Gasteiger partial charge in [0.25, 0.3) is 0 Å². The molecule has 1 unspecified atom stereocenters. The molecule has 10 heteroatoms. The monoisotopic (exact) mass is 381 g/mol. The van der Waals surface area contributed by atoms with E-state index < -0.39 is 36.4 Å². The summed E-state index contributed by atoms with van der Waals surface area (Å²) in [4.78, 5) is 11.7. The van der Waals surface area contributed by atoms with E-state index in [1.165, 1.54) is 0 Å². The summed E-state index contributed by atoms with van der Waals surface area (Å²) in [6.45, 7) is 3.20. The number of rotatable bonds is 2. The summed E-state index contributed by atoms with van der Waals surface area (Å²) >= 11 is 0. The number of halogens is 6. The van der Waals surface area contributed by atoms with E-state index in [1.807, 2.05) is 0 Å². The molecule has 0 fully saturated rings. The van der Waals surface area contributed by atoms with Crippen LogP contribution in [0, 0.1) is 17.8 Å². The number of ether oxygens (including phenoxy) is 2. The van der Waals surface area contributed by atoms with E-state index in [0.717, 1.165) is 18.2 Å². The first-order chi connectivity index (χ1) is 11.8. The number of nitrogens with one attached hydrogen (secondary N) is 1. The van der Waals surface area contributed by atoms with Crippen LogP contribution in [0.3, 0.4) is 0 Å². The fourth-order valence-corrected chi connectivity index (χ4v) is 2.32. The summed E-state index contributed by atoms with van der Waals surface area (Å²) in [5.41, 5.74) is -2.99. The minimum Gasteiger partial charge on any atom is -0.425 e. The molecule has 1 amide bonds. The third-order valence-electron chi connectivity index (χ3n) is 3.18. The Bertz CT molecular complexity index is 760. The smallest absolute Gasteiger partial charge is 0.425 e. The molecule has 0 aromatic heterocycles. The summed E-state index contributed by atoms with van der Waals surface area (Å²) in [6.07, 6.45) is -12.7. The molecule has 0 radical (unpaired) electrons. The highest BCUT2D eigenvalue weighted by Gasteiger charge is 2.50. The van der Waals surface area contributed by atoms with Gasteiger partial charge >= 0.3 is 18.6 Å². The molecule has 2 rings (SSSR count). The van der Waals surface area contributed by atoms with Crippen LogP contribution in [0.5, 0.6) is 5.75 Å². The normalized spacial score (nSPS) is 19.8. The van der Waals surface area contributed by atoms with Crippen molar-refractivity contribution in [3.8, 4) is 17.6 Å². The lowest BCUT2D eigenvalue weighted by Gasteiger charge is -2.35. The van der Waals surface area contributed by atoms with Crippen molar-refractivity contribution in [2.75, 3.05) is 5.32 Å². The van der Waals surface area contributed by atoms with E-state index in [9.17, 15) is 31.1 Å². The zero-order valence-corrected chi connectivity index (χ0v) is 13.5. The molecule has 1 heterocycles. The van der Waals surface area contributed by atoms with Gasteiger partial charge in [-0.15, -0.1) is 13.2 Å². The molecule has 142 valence electrons. The van der Waals surface area contributed by atoms with Crippen molar-refractivity contribution in [2.24, 2.45) is 5.92 Å². The first-order valence-corrected chi connectivity index (χ1v) is 7.29. The molecule has 26 heavy (non-hydrogen) atoms. The first-order valence-electron chi connectivity index (χ1n) is 7.29. The van der Waals surface area contributed by atoms with Crippen molar-refractivity contribution in [3.63, 3.8) is 0 Å². The molecular weight excluding hydrogens is 368 g/mol. The number of carbonyl (C=O) groups is 1. The second-order valence-corrected chi connectivity index (χ2v) is 5.81. The summed E-state index contributed by atoms with van der Waals surface area (Å²) in [5, 5.41) is 2.15. The number of carbonyl (C=O) groups excluding carboxylic acids is 1. The predicted octanol–water partition coefficient (Wildman–Crippen LogP) is 4.95. The Balaban J connectivity index is 2.64. The van der Waals surface area contributed by atoms with Gasteiger partial charge in [-0.1, -0.05) is 19.8 Å². The van der Waals surface area contributed by atoms with Crippen molar-refractivity contribution in [2.45, 2.75) is 38.4 Å². The predicted molar refractivity (Wildman–Crippen MR) is 78.2 cm³/mol. The number of anilines is 1. The average molecular weight is 381 g/mol. The minimum absolute atomic E-state index is 0.141. The average Bonchev–Trinajstić information content (AvgIpc) is 2.42. The van der Waals surface area contributed by atoms with E-state index in [-0.39, 0.29) is 17.2 Å². The second-order valence-electron chi connectivity index (χ2n) is 5.81. The van der Waals surface area contributed by atoms with Crippen LogP contribution in [0.1, 0.15) is 25.8 Å². The summed E-state index contributed by atoms with van der Waals surface area (Å²) in [5.74, 6) is 3.64. The maximum absolute atomic E-state index is 13.1. The van der Waals surface area contributed by atoms with Gasteiger partial charge in [0.05, 0.1) is 12.1 Å². The molecule has 1 atom stereocenters. The molecule has 1 aliphatic heterocycles. The number of cyclic esters (lactones) is 1. The summed E-state index contributed by atoms with van der Waals surface area (Å²) in [7, 11) is 0. The van der Waals surface area contributed by atoms with Crippen molar-refractivity contribution in [3.05, 3.63) is 23.8 Å². The molecule has 1 aromatic carbocycles. The van der Waals surface area contributed by atoms with Crippen molar-refractivity contribution >= 4 is 11.8 Å². The van der Waals surface area contributed by atoms with Gasteiger partial charge in [-0.25, -0.2) is 4.79 Å². The Hall–Kier alpha value is -2.57. The number of benzene rings is 1. The minimum atomic E-state index is -5.04. The van der Waals surface area contributed by atoms with Crippen LogP contribution in [0.15, 0.2) is 18.2 Å². The van der Waals surface area contributed by atoms with Gasteiger partial charge in [0, 0.05) is 11.5 Å². The lowest BCUT2D eigenvalue weighted by atomic mass is 9.87. The van der Waals surface area contributed by atoms with Gasteiger partial charge < -0.3 is 9.47 Å². The molecule has 0 spiro atoms. The molecular formula is C16H13F6NO3. The molecule has 0 saturated heterocycles. The number of fused-ring (bicyclic) bond motifs is 1. The summed E-state index contributed by atoms with van der Waals surface area (Å²) in [6, 6.07) is 2.59. The molecule has 0 aliphatic carbocycles. The number of amides is 1. The van der Waals surface area contributed by atoms with E-state index >= 15 is 0 Å². The van der Waals surface area contributed by atoms with E-state index in [4.69, 9.17) is 4.74 Å². The van der Waals surface area contributed by atoms with Gasteiger partial charge in [-0.2, -0.15) is 13.2 Å². The number of hydrogen-bond donors (Lipinski definition) is 1. The van der Waals surface area contributed by atoms with Gasteiger partial charge in [-0.3, -0.25) is 5.32 Å². The third kappa shape index (κ3) is 4.97. The lowest BCUT2D eigenvalue weighted by molar-refractivity contribution is -0.274. The van der Waals surface area contributed by atoms with Crippen molar-refractivity contribution < 1.29 is 40.6 Å². The van der Waals surface area contributed by atoms with Gasteiger partial charge in [0.15, 0.2) is 0 Å². The van der Waals surface area contributed by atoms with Crippen molar-refractivity contribution in [1.82, 2.24) is 0 Å². The largest absolute Gasteiger partial charge is 0.573 e. The topological polar surface area (TPSA) is 47.6 Å². The van der Waals surface area contributed by atoms with Crippen LogP contribution in [0.25, 0.3) is 0 Å². The van der Waals surface area contributed by atoms with Crippen LogP contribution in [-0.2, 0) is 10.3 Å². The Kier molecular flexibility index (Phi) is 5.03. The summed E-state index contributed by atoms with van der Waals surface area (Å²) < 4.78 is 85.2. The highest BCUT2D eigenvalue weighted by Crippen LogP contribution is 2.45. The maximum atomic E-state index is 13.1.